The number of aliphatic hydroxyl groups is 1. The van der Waals surface area contributed by atoms with Gasteiger partial charge in [0, 0.05) is 17.5 Å². The molecule has 1 heterocycles. The van der Waals surface area contributed by atoms with Crippen molar-refractivity contribution in [3.63, 3.8) is 0 Å². The first-order chi connectivity index (χ1) is 13.3. The van der Waals surface area contributed by atoms with Gasteiger partial charge >= 0.3 is 5.63 Å². The molecule has 0 aromatic carbocycles. The highest BCUT2D eigenvalue weighted by Gasteiger charge is 2.66. The minimum absolute atomic E-state index is 0.156. The van der Waals surface area contributed by atoms with Crippen molar-refractivity contribution in [1.29, 1.82) is 0 Å². The Morgan fingerprint density at radius 2 is 1.89 bits per heavy atom. The van der Waals surface area contributed by atoms with Crippen LogP contribution in [0.5, 0.6) is 0 Å². The standard InChI is InChI=1S/C24H33NO3/c1-22-10-7-17(25)13-16(22)4-5-20-19(22)8-11-23(2)18(9-12-24(20,23)27)15-3-6-21(26)28-14-15/h3,6,13-14,17-20,27H,4-5,7-12,25H2,1-2H3/t17?,18-,19?,20?,22+,23-,24+/m1/s1. The Hall–Kier alpha value is -1.39. The summed E-state index contributed by atoms with van der Waals surface area (Å²) in [4.78, 5) is 11.4. The molecular weight excluding hydrogens is 350 g/mol. The van der Waals surface area contributed by atoms with E-state index in [1.807, 2.05) is 6.07 Å². The second-order valence-corrected chi connectivity index (χ2v) is 10.4. The van der Waals surface area contributed by atoms with Crippen molar-refractivity contribution in [2.45, 2.75) is 82.8 Å². The van der Waals surface area contributed by atoms with Gasteiger partial charge in [0.1, 0.15) is 0 Å². The van der Waals surface area contributed by atoms with Crippen LogP contribution in [0.2, 0.25) is 0 Å². The van der Waals surface area contributed by atoms with E-state index in [4.69, 9.17) is 10.2 Å². The summed E-state index contributed by atoms with van der Waals surface area (Å²) in [7, 11) is 0. The lowest BCUT2D eigenvalue weighted by atomic mass is 9.45. The summed E-state index contributed by atoms with van der Waals surface area (Å²) in [5.74, 6) is 1.15. The molecule has 0 amide bonds. The summed E-state index contributed by atoms with van der Waals surface area (Å²) in [5, 5.41) is 12.2. The van der Waals surface area contributed by atoms with E-state index in [1.54, 1.807) is 11.8 Å². The van der Waals surface area contributed by atoms with E-state index in [-0.39, 0.29) is 28.4 Å². The van der Waals surface area contributed by atoms with Crippen LogP contribution in [-0.2, 0) is 0 Å². The first-order valence-electron chi connectivity index (χ1n) is 11.1. The maximum atomic E-state index is 12.2. The first kappa shape index (κ1) is 18.6. The van der Waals surface area contributed by atoms with E-state index in [0.29, 0.717) is 11.8 Å². The van der Waals surface area contributed by atoms with Gasteiger partial charge in [0.15, 0.2) is 0 Å². The van der Waals surface area contributed by atoms with Gasteiger partial charge in [0.25, 0.3) is 0 Å². The average Bonchev–Trinajstić information content (AvgIpc) is 2.95. The second-order valence-electron chi connectivity index (χ2n) is 10.4. The van der Waals surface area contributed by atoms with Crippen LogP contribution in [0, 0.1) is 22.7 Å². The van der Waals surface area contributed by atoms with Crippen LogP contribution < -0.4 is 11.4 Å². The number of nitrogens with two attached hydrogens (primary N) is 1. The van der Waals surface area contributed by atoms with Crippen molar-refractivity contribution < 1.29 is 9.52 Å². The SMILES string of the molecule is C[C@]12CCC(N)C=C1CCC1C2CC[C@]2(C)[C@@H](c3ccc(=O)oc3)CC[C@]12O. The third-order valence-corrected chi connectivity index (χ3v) is 9.46. The topological polar surface area (TPSA) is 76.5 Å². The Morgan fingerprint density at radius 1 is 1.07 bits per heavy atom. The zero-order valence-corrected chi connectivity index (χ0v) is 17.1. The van der Waals surface area contributed by atoms with E-state index in [1.165, 1.54) is 12.5 Å². The molecule has 28 heavy (non-hydrogen) atoms. The predicted octanol–water partition coefficient (Wildman–Crippen LogP) is 4.13. The minimum Gasteiger partial charge on any atom is -0.431 e. The molecule has 3 saturated carbocycles. The van der Waals surface area contributed by atoms with Crippen molar-refractivity contribution in [1.82, 2.24) is 0 Å². The summed E-state index contributed by atoms with van der Waals surface area (Å²) in [6.45, 7) is 4.72. The molecule has 3 unspecified atom stereocenters. The van der Waals surface area contributed by atoms with Crippen LogP contribution in [0.3, 0.4) is 0 Å². The fourth-order valence-electron chi connectivity index (χ4n) is 7.83. The van der Waals surface area contributed by atoms with E-state index in [0.717, 1.165) is 50.5 Å². The minimum atomic E-state index is -0.634. The summed E-state index contributed by atoms with van der Waals surface area (Å²) in [6, 6.07) is 3.64. The average molecular weight is 384 g/mol. The number of hydrogen-bond donors (Lipinski definition) is 2. The lowest BCUT2D eigenvalue weighted by molar-refractivity contribution is -0.177. The molecule has 0 spiro atoms. The largest absolute Gasteiger partial charge is 0.431 e. The highest BCUT2D eigenvalue weighted by Crippen LogP contribution is 2.69. The second kappa shape index (κ2) is 6.06. The van der Waals surface area contributed by atoms with Crippen molar-refractivity contribution in [3.05, 3.63) is 46.0 Å². The number of fused-ring (bicyclic) bond motifs is 5. The normalized spacial score (nSPS) is 47.6. The van der Waals surface area contributed by atoms with Gasteiger partial charge < -0.3 is 15.3 Å². The van der Waals surface area contributed by atoms with Gasteiger partial charge in [0.2, 0.25) is 0 Å². The maximum absolute atomic E-state index is 12.2. The molecule has 4 heteroatoms. The van der Waals surface area contributed by atoms with Crippen LogP contribution in [-0.4, -0.2) is 16.7 Å². The van der Waals surface area contributed by atoms with Gasteiger partial charge in [-0.05, 0) is 86.2 Å². The third-order valence-electron chi connectivity index (χ3n) is 9.46. The Kier molecular flexibility index (Phi) is 4.03. The molecular formula is C24H33NO3. The van der Waals surface area contributed by atoms with Gasteiger partial charge in [-0.1, -0.05) is 25.5 Å². The quantitative estimate of drug-likeness (QED) is 0.715. The van der Waals surface area contributed by atoms with Crippen LogP contribution in [0.25, 0.3) is 0 Å². The van der Waals surface area contributed by atoms with Gasteiger partial charge in [-0.3, -0.25) is 0 Å². The predicted molar refractivity (Wildman–Crippen MR) is 109 cm³/mol. The number of allylic oxidation sites excluding steroid dienone is 1. The van der Waals surface area contributed by atoms with E-state index in [2.05, 4.69) is 19.9 Å². The molecule has 4 nitrogen and oxygen atoms in total. The van der Waals surface area contributed by atoms with E-state index in [9.17, 15) is 9.90 Å². The molecule has 3 N–H and O–H groups in total. The Bertz CT molecular complexity index is 854. The molecule has 1 aromatic heterocycles. The number of hydrogen-bond acceptors (Lipinski definition) is 4. The van der Waals surface area contributed by atoms with Crippen LogP contribution in [0.15, 0.2) is 39.3 Å². The molecule has 5 rings (SSSR count). The van der Waals surface area contributed by atoms with Crippen molar-refractivity contribution in [3.8, 4) is 0 Å². The molecule has 7 atom stereocenters. The van der Waals surface area contributed by atoms with E-state index >= 15 is 0 Å². The Labute approximate surface area is 167 Å². The molecule has 0 saturated heterocycles. The van der Waals surface area contributed by atoms with Gasteiger partial charge in [0.05, 0.1) is 11.9 Å². The highest BCUT2D eigenvalue weighted by atomic mass is 16.4. The monoisotopic (exact) mass is 383 g/mol. The summed E-state index contributed by atoms with van der Waals surface area (Å²) in [6.07, 6.45) is 12.3. The fraction of sp³-hybridized carbons (Fsp3) is 0.708. The molecule has 0 radical (unpaired) electrons. The highest BCUT2D eigenvalue weighted by molar-refractivity contribution is 5.31. The van der Waals surface area contributed by atoms with Crippen molar-refractivity contribution >= 4 is 0 Å². The molecule has 152 valence electrons. The van der Waals surface area contributed by atoms with Gasteiger partial charge in [-0.15, -0.1) is 0 Å². The molecule has 3 fully saturated rings. The third kappa shape index (κ3) is 2.34. The molecule has 4 aliphatic rings. The van der Waals surface area contributed by atoms with Crippen molar-refractivity contribution in [2.75, 3.05) is 0 Å². The van der Waals surface area contributed by atoms with Gasteiger partial charge in [-0.2, -0.15) is 0 Å². The van der Waals surface area contributed by atoms with Crippen molar-refractivity contribution in [2.24, 2.45) is 28.4 Å². The summed E-state index contributed by atoms with van der Waals surface area (Å²) >= 11 is 0. The Balaban J connectivity index is 1.51. The zero-order valence-electron chi connectivity index (χ0n) is 17.1. The van der Waals surface area contributed by atoms with Gasteiger partial charge in [-0.25, -0.2) is 4.79 Å². The maximum Gasteiger partial charge on any atom is 0.335 e. The smallest absolute Gasteiger partial charge is 0.335 e. The van der Waals surface area contributed by atoms with Crippen LogP contribution in [0.4, 0.5) is 0 Å². The summed E-state index contributed by atoms with van der Waals surface area (Å²) in [5.41, 5.74) is 7.97. The molecule has 4 aliphatic carbocycles. The lowest BCUT2D eigenvalue weighted by Gasteiger charge is -2.61. The first-order valence-corrected chi connectivity index (χ1v) is 11.1. The number of rotatable bonds is 1. The zero-order chi connectivity index (χ0) is 19.7. The summed E-state index contributed by atoms with van der Waals surface area (Å²) < 4.78 is 5.18. The van der Waals surface area contributed by atoms with Crippen LogP contribution >= 0.6 is 0 Å². The molecule has 0 bridgehead atoms. The molecule has 0 aliphatic heterocycles. The van der Waals surface area contributed by atoms with Crippen LogP contribution in [0.1, 0.15) is 76.7 Å². The fourth-order valence-corrected chi connectivity index (χ4v) is 7.83. The van der Waals surface area contributed by atoms with E-state index < -0.39 is 5.60 Å². The lowest BCUT2D eigenvalue weighted by Crippen LogP contribution is -2.60. The molecule has 1 aromatic rings. The Morgan fingerprint density at radius 3 is 2.64 bits per heavy atom.